The second-order valence-electron chi connectivity index (χ2n) is 1.95. The summed E-state index contributed by atoms with van der Waals surface area (Å²) in [6.45, 7) is 6.80. The Morgan fingerprint density at radius 2 is 2.15 bits per heavy atom. The highest BCUT2D eigenvalue weighted by molar-refractivity contribution is 5.26. The lowest BCUT2D eigenvalue weighted by molar-refractivity contribution is 0.397. The van der Waals surface area contributed by atoms with Crippen LogP contribution >= 0.6 is 0 Å². The monoisotopic (exact) mass is 183 g/mol. The molecular formula is C9H17N3O. The minimum absolute atomic E-state index is 0.580. The lowest BCUT2D eigenvalue weighted by atomic mass is 10.6. The Hall–Kier alpha value is -1.32. The van der Waals surface area contributed by atoms with Gasteiger partial charge in [-0.1, -0.05) is 13.8 Å². The molecule has 0 aliphatic heterocycles. The zero-order valence-corrected chi connectivity index (χ0v) is 8.66. The van der Waals surface area contributed by atoms with E-state index in [1.54, 1.807) is 19.4 Å². The highest BCUT2D eigenvalue weighted by atomic mass is 16.5. The quantitative estimate of drug-likeness (QED) is 0.778. The molecule has 1 rings (SSSR count). The van der Waals surface area contributed by atoms with Gasteiger partial charge in [-0.15, -0.1) is 0 Å². The Morgan fingerprint density at radius 3 is 2.69 bits per heavy atom. The Balaban J connectivity index is 0.000000671. The van der Waals surface area contributed by atoms with Crippen molar-refractivity contribution in [2.75, 3.05) is 19.0 Å². The molecule has 4 nitrogen and oxygen atoms in total. The fraction of sp³-hybridized carbons (Fsp3) is 0.556. The van der Waals surface area contributed by atoms with E-state index >= 15 is 0 Å². The van der Waals surface area contributed by atoms with Gasteiger partial charge >= 0.3 is 0 Å². The lowest BCUT2D eigenvalue weighted by Gasteiger charge is -2.01. The molecular weight excluding hydrogens is 166 g/mol. The first-order valence-corrected chi connectivity index (χ1v) is 4.47. The number of methoxy groups -OCH3 is 1. The number of hydrogen-bond donors (Lipinski definition) is 1. The average molecular weight is 183 g/mol. The molecule has 1 N–H and O–H groups in total. The van der Waals surface area contributed by atoms with Crippen LogP contribution in [0.1, 0.15) is 20.8 Å². The summed E-state index contributed by atoms with van der Waals surface area (Å²) in [5, 5.41) is 2.98. The molecule has 0 saturated carbocycles. The molecule has 13 heavy (non-hydrogen) atoms. The predicted octanol–water partition coefficient (Wildman–Crippen LogP) is 1.94. The third-order valence-electron chi connectivity index (χ3n) is 1.17. The van der Waals surface area contributed by atoms with Crippen molar-refractivity contribution in [3.8, 4) is 5.88 Å². The standard InChI is InChI=1S/C7H11N3O.C2H6/c1-3-8-7-9-5-4-6(10-7)11-2;1-2/h4-5H,3H2,1-2H3,(H,8,9,10);1-2H3. The van der Waals surface area contributed by atoms with Crippen molar-refractivity contribution < 1.29 is 4.74 Å². The summed E-state index contributed by atoms with van der Waals surface area (Å²) in [5.74, 6) is 1.18. The predicted molar refractivity (Wildman–Crippen MR) is 54.1 cm³/mol. The van der Waals surface area contributed by atoms with Crippen molar-refractivity contribution in [3.63, 3.8) is 0 Å². The molecule has 1 aromatic rings. The lowest BCUT2D eigenvalue weighted by Crippen LogP contribution is -2.02. The van der Waals surface area contributed by atoms with Crippen molar-refractivity contribution >= 4 is 5.95 Å². The van der Waals surface area contributed by atoms with Crippen molar-refractivity contribution in [2.45, 2.75) is 20.8 Å². The van der Waals surface area contributed by atoms with Gasteiger partial charge in [0, 0.05) is 18.8 Å². The fourth-order valence-electron chi connectivity index (χ4n) is 0.699. The number of ether oxygens (including phenoxy) is 1. The van der Waals surface area contributed by atoms with E-state index in [1.807, 2.05) is 20.8 Å². The van der Waals surface area contributed by atoms with E-state index in [0.29, 0.717) is 11.8 Å². The maximum Gasteiger partial charge on any atom is 0.225 e. The van der Waals surface area contributed by atoms with E-state index in [2.05, 4.69) is 15.3 Å². The van der Waals surface area contributed by atoms with Gasteiger partial charge in [-0.05, 0) is 6.92 Å². The summed E-state index contributed by atoms with van der Waals surface area (Å²) in [5.41, 5.74) is 0. The fourth-order valence-corrected chi connectivity index (χ4v) is 0.699. The maximum absolute atomic E-state index is 4.91. The average Bonchev–Trinajstić information content (AvgIpc) is 2.22. The van der Waals surface area contributed by atoms with Crippen LogP contribution in [0.25, 0.3) is 0 Å². The van der Waals surface area contributed by atoms with E-state index in [0.717, 1.165) is 6.54 Å². The molecule has 0 unspecified atom stereocenters. The van der Waals surface area contributed by atoms with Gasteiger partial charge in [-0.2, -0.15) is 4.98 Å². The van der Waals surface area contributed by atoms with E-state index in [1.165, 1.54) is 0 Å². The van der Waals surface area contributed by atoms with Crippen LogP contribution in [0.3, 0.4) is 0 Å². The first-order chi connectivity index (χ1) is 6.36. The Bertz CT molecular complexity index is 228. The van der Waals surface area contributed by atoms with Crippen LogP contribution in [0, 0.1) is 0 Å². The molecule has 4 heteroatoms. The van der Waals surface area contributed by atoms with E-state index in [-0.39, 0.29) is 0 Å². The van der Waals surface area contributed by atoms with Crippen LogP contribution in [-0.2, 0) is 0 Å². The summed E-state index contributed by atoms with van der Waals surface area (Å²) in [4.78, 5) is 8.01. The smallest absolute Gasteiger partial charge is 0.225 e. The van der Waals surface area contributed by atoms with Crippen LogP contribution in [0.5, 0.6) is 5.88 Å². The van der Waals surface area contributed by atoms with Crippen LogP contribution in [-0.4, -0.2) is 23.6 Å². The normalized spacial score (nSPS) is 8.31. The molecule has 0 atom stereocenters. The van der Waals surface area contributed by atoms with Crippen molar-refractivity contribution in [1.29, 1.82) is 0 Å². The molecule has 0 aromatic carbocycles. The highest BCUT2D eigenvalue weighted by Gasteiger charge is 1.94. The van der Waals surface area contributed by atoms with Gasteiger partial charge in [0.2, 0.25) is 11.8 Å². The highest BCUT2D eigenvalue weighted by Crippen LogP contribution is 2.06. The van der Waals surface area contributed by atoms with E-state index in [4.69, 9.17) is 4.74 Å². The Kier molecular flexibility index (Phi) is 6.59. The number of anilines is 1. The summed E-state index contributed by atoms with van der Waals surface area (Å²) in [6, 6.07) is 1.71. The molecule has 74 valence electrons. The van der Waals surface area contributed by atoms with E-state index in [9.17, 15) is 0 Å². The molecule has 1 heterocycles. The van der Waals surface area contributed by atoms with Crippen LogP contribution in [0.4, 0.5) is 5.95 Å². The van der Waals surface area contributed by atoms with Gasteiger partial charge in [-0.25, -0.2) is 4.98 Å². The second-order valence-corrected chi connectivity index (χ2v) is 1.95. The number of aromatic nitrogens is 2. The molecule has 0 radical (unpaired) electrons. The molecule has 0 aliphatic rings. The van der Waals surface area contributed by atoms with Gasteiger partial charge < -0.3 is 10.1 Å². The van der Waals surface area contributed by atoms with Gasteiger partial charge in [-0.3, -0.25) is 0 Å². The molecule has 1 aromatic heterocycles. The third kappa shape index (κ3) is 4.30. The zero-order valence-electron chi connectivity index (χ0n) is 8.66. The molecule has 0 aliphatic carbocycles. The number of nitrogens with zero attached hydrogens (tertiary/aromatic N) is 2. The van der Waals surface area contributed by atoms with Gasteiger partial charge in [0.15, 0.2) is 0 Å². The van der Waals surface area contributed by atoms with E-state index < -0.39 is 0 Å². The first-order valence-electron chi connectivity index (χ1n) is 4.47. The summed E-state index contributed by atoms with van der Waals surface area (Å²) < 4.78 is 4.91. The third-order valence-corrected chi connectivity index (χ3v) is 1.17. The van der Waals surface area contributed by atoms with Crippen molar-refractivity contribution in [1.82, 2.24) is 9.97 Å². The maximum atomic E-state index is 4.91. The second kappa shape index (κ2) is 7.34. The minimum Gasteiger partial charge on any atom is -0.481 e. The molecule has 0 saturated heterocycles. The SMILES string of the molecule is CC.CCNc1nccc(OC)n1. The number of nitrogens with one attached hydrogen (secondary N) is 1. The Labute approximate surface area is 79.4 Å². The summed E-state index contributed by atoms with van der Waals surface area (Å²) in [7, 11) is 1.58. The zero-order chi connectivity index (χ0) is 10.1. The molecule has 0 amide bonds. The topological polar surface area (TPSA) is 47.0 Å². The summed E-state index contributed by atoms with van der Waals surface area (Å²) in [6.07, 6.45) is 1.66. The van der Waals surface area contributed by atoms with Gasteiger partial charge in [0.05, 0.1) is 7.11 Å². The molecule has 0 bridgehead atoms. The number of hydrogen-bond acceptors (Lipinski definition) is 4. The Morgan fingerprint density at radius 1 is 1.46 bits per heavy atom. The summed E-state index contributed by atoms with van der Waals surface area (Å²) >= 11 is 0. The van der Waals surface area contributed by atoms with Crippen LogP contribution in [0.2, 0.25) is 0 Å². The van der Waals surface area contributed by atoms with Crippen LogP contribution in [0.15, 0.2) is 12.3 Å². The van der Waals surface area contributed by atoms with Crippen molar-refractivity contribution in [3.05, 3.63) is 12.3 Å². The van der Waals surface area contributed by atoms with Crippen LogP contribution < -0.4 is 10.1 Å². The molecule has 0 spiro atoms. The van der Waals surface area contributed by atoms with Gasteiger partial charge in [0.1, 0.15) is 0 Å². The number of rotatable bonds is 3. The first kappa shape index (κ1) is 11.7. The molecule has 0 fully saturated rings. The van der Waals surface area contributed by atoms with Gasteiger partial charge in [0.25, 0.3) is 0 Å². The minimum atomic E-state index is 0.580. The largest absolute Gasteiger partial charge is 0.481 e. The van der Waals surface area contributed by atoms with Crippen molar-refractivity contribution in [2.24, 2.45) is 0 Å².